The Morgan fingerprint density at radius 3 is 2.33 bits per heavy atom. The van der Waals surface area contributed by atoms with Crippen molar-refractivity contribution in [2.45, 2.75) is 50.4 Å². The van der Waals surface area contributed by atoms with Crippen LogP contribution < -0.4 is 5.32 Å². The summed E-state index contributed by atoms with van der Waals surface area (Å²) in [6.07, 6.45) is 1.24. The molecule has 2 amide bonds. The molecule has 0 aliphatic carbocycles. The van der Waals surface area contributed by atoms with Crippen LogP contribution in [0.15, 0.2) is 54.6 Å². The summed E-state index contributed by atoms with van der Waals surface area (Å²) in [6.45, 7) is 3.03. The predicted octanol–water partition coefficient (Wildman–Crippen LogP) is 3.12. The van der Waals surface area contributed by atoms with Crippen molar-refractivity contribution >= 4 is 34.7 Å². The molecule has 1 saturated heterocycles. The summed E-state index contributed by atoms with van der Waals surface area (Å²) in [5.74, 6) is -1.94. The summed E-state index contributed by atoms with van der Waals surface area (Å²) in [7, 11) is 0. The number of amides is 2. The molecule has 0 radical (unpaired) electrons. The van der Waals surface area contributed by atoms with Crippen LogP contribution in [0.4, 0.5) is 0 Å². The average molecular weight is 469 g/mol. The van der Waals surface area contributed by atoms with Gasteiger partial charge in [-0.05, 0) is 37.3 Å². The van der Waals surface area contributed by atoms with Gasteiger partial charge < -0.3 is 15.3 Å². The van der Waals surface area contributed by atoms with Gasteiger partial charge in [-0.1, -0.05) is 71.9 Å². The number of carbonyl (C=O) groups excluding carboxylic acids is 3. The molecule has 2 N–H and O–H groups in total. The highest BCUT2D eigenvalue weighted by Gasteiger charge is 2.41. The van der Waals surface area contributed by atoms with Gasteiger partial charge in [-0.3, -0.25) is 14.4 Å². The fourth-order valence-corrected chi connectivity index (χ4v) is 4.97. The van der Waals surface area contributed by atoms with E-state index >= 15 is 0 Å². The first kappa shape index (κ1) is 24.5. The van der Waals surface area contributed by atoms with Crippen LogP contribution in [0.3, 0.4) is 0 Å². The largest absolute Gasteiger partial charge is 0.480 e. The molecular weight excluding hydrogens is 440 g/mol. The van der Waals surface area contributed by atoms with E-state index in [1.165, 1.54) is 11.8 Å². The molecule has 2 aromatic carbocycles. The number of nitrogens with zero attached hydrogens (tertiary/aromatic N) is 1. The number of carboxylic acid groups (broad SMARTS) is 1. The minimum atomic E-state index is -1.06. The zero-order valence-electron chi connectivity index (χ0n) is 18.7. The Morgan fingerprint density at radius 1 is 1.06 bits per heavy atom. The average Bonchev–Trinajstić information content (AvgIpc) is 3.23. The highest BCUT2D eigenvalue weighted by molar-refractivity contribution is 8.14. The molecule has 0 saturated carbocycles. The van der Waals surface area contributed by atoms with Crippen molar-refractivity contribution in [3.05, 3.63) is 71.3 Å². The van der Waals surface area contributed by atoms with E-state index in [0.29, 0.717) is 19.3 Å². The second-order valence-corrected chi connectivity index (χ2v) is 9.54. The standard InChI is InChI=1S/C25H28N2O5S/c1-16-8-10-19(11-9-16)20-12-13-21(25(31)32)27(20)23(29)15-26-24(30)22(33-17(2)28)14-18-6-4-3-5-7-18/h3-11,20-22H,12-15H2,1-2H3,(H,26,30)(H,31,32). The van der Waals surface area contributed by atoms with Gasteiger partial charge in [0, 0.05) is 6.92 Å². The number of rotatable bonds is 8. The lowest BCUT2D eigenvalue weighted by Crippen LogP contribution is -2.47. The number of nitrogens with one attached hydrogen (secondary N) is 1. The van der Waals surface area contributed by atoms with Gasteiger partial charge in [0.2, 0.25) is 11.8 Å². The Labute approximate surface area is 197 Å². The topological polar surface area (TPSA) is 104 Å². The number of carbonyl (C=O) groups is 4. The number of aryl methyl sites for hydroxylation is 1. The van der Waals surface area contributed by atoms with Gasteiger partial charge in [-0.15, -0.1) is 0 Å². The summed E-state index contributed by atoms with van der Waals surface area (Å²) < 4.78 is 0. The number of hydrogen-bond acceptors (Lipinski definition) is 5. The maximum absolute atomic E-state index is 13.1. The van der Waals surface area contributed by atoms with Gasteiger partial charge in [0.05, 0.1) is 17.8 Å². The van der Waals surface area contributed by atoms with Crippen LogP contribution in [-0.2, 0) is 25.6 Å². The number of likely N-dealkylation sites (tertiary alicyclic amines) is 1. The van der Waals surface area contributed by atoms with Crippen molar-refractivity contribution in [1.29, 1.82) is 0 Å². The Morgan fingerprint density at radius 2 is 1.73 bits per heavy atom. The molecule has 1 fully saturated rings. The molecule has 174 valence electrons. The lowest BCUT2D eigenvalue weighted by atomic mass is 10.0. The minimum Gasteiger partial charge on any atom is -0.480 e. The normalized spacial score (nSPS) is 18.5. The third kappa shape index (κ3) is 6.44. The summed E-state index contributed by atoms with van der Waals surface area (Å²) >= 11 is 0.921. The van der Waals surface area contributed by atoms with Crippen LogP contribution in [0.1, 0.15) is 42.5 Å². The van der Waals surface area contributed by atoms with Crippen LogP contribution in [0.2, 0.25) is 0 Å². The predicted molar refractivity (Wildman–Crippen MR) is 127 cm³/mol. The maximum Gasteiger partial charge on any atom is 0.326 e. The van der Waals surface area contributed by atoms with E-state index in [-0.39, 0.29) is 17.7 Å². The second kappa shape index (κ2) is 11.1. The van der Waals surface area contributed by atoms with Gasteiger partial charge >= 0.3 is 5.97 Å². The van der Waals surface area contributed by atoms with E-state index in [9.17, 15) is 24.3 Å². The number of thioether (sulfide) groups is 1. The molecule has 0 aromatic heterocycles. The first-order valence-corrected chi connectivity index (χ1v) is 11.7. The maximum atomic E-state index is 13.1. The number of benzene rings is 2. The first-order chi connectivity index (χ1) is 15.8. The highest BCUT2D eigenvalue weighted by Crippen LogP contribution is 2.36. The van der Waals surface area contributed by atoms with E-state index in [2.05, 4.69) is 5.32 Å². The Hall–Kier alpha value is -3.13. The third-order valence-electron chi connectivity index (χ3n) is 5.70. The van der Waals surface area contributed by atoms with Crippen LogP contribution in [0, 0.1) is 6.92 Å². The van der Waals surface area contributed by atoms with Crippen molar-refractivity contribution < 1.29 is 24.3 Å². The summed E-state index contributed by atoms with van der Waals surface area (Å²) in [6, 6.07) is 15.7. The molecule has 0 spiro atoms. The number of aliphatic carboxylic acids is 1. The molecule has 1 aliphatic rings. The molecule has 3 rings (SSSR count). The lowest BCUT2D eigenvalue weighted by Gasteiger charge is -2.29. The highest BCUT2D eigenvalue weighted by atomic mass is 32.2. The van der Waals surface area contributed by atoms with Crippen LogP contribution in [0.25, 0.3) is 0 Å². The second-order valence-electron chi connectivity index (χ2n) is 8.16. The smallest absolute Gasteiger partial charge is 0.326 e. The monoisotopic (exact) mass is 468 g/mol. The van der Waals surface area contributed by atoms with Gasteiger partial charge in [0.25, 0.3) is 0 Å². The quantitative estimate of drug-likeness (QED) is 0.617. The van der Waals surface area contributed by atoms with Crippen LogP contribution in [0.5, 0.6) is 0 Å². The number of hydrogen-bond donors (Lipinski definition) is 2. The van der Waals surface area contributed by atoms with Gasteiger partial charge in [0.1, 0.15) is 6.04 Å². The molecule has 2 aromatic rings. The summed E-state index contributed by atoms with van der Waals surface area (Å²) in [5.41, 5.74) is 2.85. The summed E-state index contributed by atoms with van der Waals surface area (Å²) in [4.78, 5) is 50.8. The van der Waals surface area contributed by atoms with Crippen molar-refractivity contribution in [1.82, 2.24) is 10.2 Å². The molecular formula is C25H28N2O5S. The van der Waals surface area contributed by atoms with E-state index in [1.807, 2.05) is 61.5 Å². The van der Waals surface area contributed by atoms with Crippen LogP contribution in [-0.4, -0.2) is 50.7 Å². The molecule has 33 heavy (non-hydrogen) atoms. The third-order valence-corrected chi connectivity index (χ3v) is 6.70. The van der Waals surface area contributed by atoms with Crippen molar-refractivity contribution in [2.24, 2.45) is 0 Å². The van der Waals surface area contributed by atoms with Gasteiger partial charge in [-0.2, -0.15) is 0 Å². The first-order valence-electron chi connectivity index (χ1n) is 10.9. The van der Waals surface area contributed by atoms with Crippen molar-refractivity contribution in [3.8, 4) is 0 Å². The zero-order valence-corrected chi connectivity index (χ0v) is 19.5. The van der Waals surface area contributed by atoms with E-state index in [1.54, 1.807) is 0 Å². The van der Waals surface area contributed by atoms with Gasteiger partial charge in [-0.25, -0.2) is 4.79 Å². The Kier molecular flexibility index (Phi) is 8.27. The molecule has 3 atom stereocenters. The molecule has 0 bridgehead atoms. The van der Waals surface area contributed by atoms with Crippen molar-refractivity contribution in [3.63, 3.8) is 0 Å². The van der Waals surface area contributed by atoms with E-state index < -0.39 is 29.1 Å². The number of carboxylic acids is 1. The minimum absolute atomic E-state index is 0.192. The van der Waals surface area contributed by atoms with E-state index in [0.717, 1.165) is 28.5 Å². The molecule has 3 unspecified atom stereocenters. The molecule has 8 heteroatoms. The van der Waals surface area contributed by atoms with Crippen molar-refractivity contribution in [2.75, 3.05) is 6.54 Å². The fraction of sp³-hybridized carbons (Fsp3) is 0.360. The SMILES string of the molecule is CC(=O)SC(Cc1ccccc1)C(=O)NCC(=O)N1C(C(=O)O)CCC1c1ccc(C)cc1. The van der Waals surface area contributed by atoms with E-state index in [4.69, 9.17) is 0 Å². The Balaban J connectivity index is 1.71. The van der Waals surface area contributed by atoms with Gasteiger partial charge in [0.15, 0.2) is 5.12 Å². The molecule has 7 nitrogen and oxygen atoms in total. The Bertz CT molecular complexity index is 1010. The zero-order chi connectivity index (χ0) is 24.0. The fourth-order valence-electron chi connectivity index (χ4n) is 4.10. The summed E-state index contributed by atoms with van der Waals surface area (Å²) in [5, 5.41) is 11.4. The molecule has 1 aliphatic heterocycles. The lowest BCUT2D eigenvalue weighted by molar-refractivity contribution is -0.149. The van der Waals surface area contributed by atoms with Crippen LogP contribution >= 0.6 is 11.8 Å². The molecule has 1 heterocycles.